The Bertz CT molecular complexity index is 1460. The third-order valence-corrected chi connectivity index (χ3v) is 9.83. The standard InChI is InChI=1S/C31H35Cl2N3O4S/c1-22-12-18-28(19-13-22)41(39,40)36(27-16-14-25(32)15-17-27)21-30(37)35(20-24-8-6-7-11-29(24)33)23(2)31(38)34-26-9-4-3-5-10-26/h6-8,11-19,23,26H,3-5,9-10,20-21H2,1-2H3,(H,34,38). The third kappa shape index (κ3) is 7.82. The minimum Gasteiger partial charge on any atom is -0.352 e. The fraction of sp³-hybridized carbons (Fsp3) is 0.355. The number of nitrogens with zero attached hydrogens (tertiary/aromatic N) is 2. The molecule has 2 amide bonds. The Morgan fingerprint density at radius 1 is 0.927 bits per heavy atom. The molecule has 0 aliphatic heterocycles. The highest BCUT2D eigenvalue weighted by molar-refractivity contribution is 7.92. The van der Waals surface area contributed by atoms with Gasteiger partial charge in [-0.3, -0.25) is 13.9 Å². The molecule has 4 rings (SSSR count). The molecule has 41 heavy (non-hydrogen) atoms. The molecule has 0 heterocycles. The van der Waals surface area contributed by atoms with E-state index in [4.69, 9.17) is 23.2 Å². The van der Waals surface area contributed by atoms with Crippen LogP contribution >= 0.6 is 23.2 Å². The zero-order valence-electron chi connectivity index (χ0n) is 23.2. The van der Waals surface area contributed by atoms with Crippen molar-refractivity contribution in [2.45, 2.75) is 69.5 Å². The number of anilines is 1. The molecule has 7 nitrogen and oxygen atoms in total. The van der Waals surface area contributed by atoms with Crippen molar-refractivity contribution in [3.63, 3.8) is 0 Å². The molecule has 1 unspecified atom stereocenters. The second-order valence-electron chi connectivity index (χ2n) is 10.4. The number of carbonyl (C=O) groups excluding carboxylic acids is 2. The van der Waals surface area contributed by atoms with E-state index < -0.39 is 28.5 Å². The fourth-order valence-corrected chi connectivity index (χ4v) is 6.67. The lowest BCUT2D eigenvalue weighted by atomic mass is 9.95. The molecule has 1 atom stereocenters. The Kier molecular flexibility index (Phi) is 10.3. The fourth-order valence-electron chi connectivity index (χ4n) is 4.94. The number of hydrogen-bond acceptors (Lipinski definition) is 4. The number of halogens is 2. The van der Waals surface area contributed by atoms with Crippen LogP contribution in [0.25, 0.3) is 0 Å². The van der Waals surface area contributed by atoms with Crippen molar-refractivity contribution in [1.29, 1.82) is 0 Å². The molecule has 10 heteroatoms. The topological polar surface area (TPSA) is 86.8 Å². The molecule has 1 fully saturated rings. The average molecular weight is 617 g/mol. The van der Waals surface area contributed by atoms with Crippen molar-refractivity contribution in [3.8, 4) is 0 Å². The number of nitrogens with one attached hydrogen (secondary N) is 1. The molecule has 1 N–H and O–H groups in total. The Hall–Kier alpha value is -3.07. The summed E-state index contributed by atoms with van der Waals surface area (Å²) in [6, 6.07) is 19.0. The summed E-state index contributed by atoms with van der Waals surface area (Å²) in [7, 11) is -4.15. The van der Waals surface area contributed by atoms with Gasteiger partial charge in [0, 0.05) is 22.6 Å². The maximum Gasteiger partial charge on any atom is 0.264 e. The first-order chi connectivity index (χ1) is 19.6. The van der Waals surface area contributed by atoms with Crippen molar-refractivity contribution >= 4 is 50.7 Å². The first-order valence-corrected chi connectivity index (χ1v) is 15.9. The van der Waals surface area contributed by atoms with E-state index in [1.54, 1.807) is 67.6 Å². The van der Waals surface area contributed by atoms with Crippen molar-refractivity contribution in [2.75, 3.05) is 10.8 Å². The molecule has 1 aliphatic carbocycles. The van der Waals surface area contributed by atoms with Gasteiger partial charge in [-0.25, -0.2) is 8.42 Å². The van der Waals surface area contributed by atoms with E-state index in [-0.39, 0.29) is 29.1 Å². The number of amides is 2. The van der Waals surface area contributed by atoms with Gasteiger partial charge in [-0.05, 0) is 74.7 Å². The molecule has 0 saturated heterocycles. The number of sulfonamides is 1. The Morgan fingerprint density at radius 2 is 1.56 bits per heavy atom. The van der Waals surface area contributed by atoms with Crippen LogP contribution in [0.2, 0.25) is 10.0 Å². The van der Waals surface area contributed by atoms with Gasteiger partial charge in [0.15, 0.2) is 0 Å². The molecule has 0 bridgehead atoms. The number of hydrogen-bond donors (Lipinski definition) is 1. The molecule has 3 aromatic carbocycles. The van der Waals surface area contributed by atoms with Gasteiger partial charge in [0.1, 0.15) is 12.6 Å². The predicted molar refractivity (Wildman–Crippen MR) is 164 cm³/mol. The highest BCUT2D eigenvalue weighted by atomic mass is 35.5. The Morgan fingerprint density at radius 3 is 2.20 bits per heavy atom. The van der Waals surface area contributed by atoms with E-state index in [0.29, 0.717) is 15.6 Å². The molecule has 0 aromatic heterocycles. The lowest BCUT2D eigenvalue weighted by molar-refractivity contribution is -0.139. The zero-order chi connectivity index (χ0) is 29.6. The van der Waals surface area contributed by atoms with Crippen LogP contribution in [-0.4, -0.2) is 43.8 Å². The minimum absolute atomic E-state index is 0.0385. The average Bonchev–Trinajstić information content (AvgIpc) is 2.96. The van der Waals surface area contributed by atoms with E-state index in [9.17, 15) is 18.0 Å². The maximum atomic E-state index is 14.1. The van der Waals surface area contributed by atoms with Gasteiger partial charge in [0.25, 0.3) is 10.0 Å². The lowest BCUT2D eigenvalue weighted by Crippen LogP contribution is -2.53. The molecule has 3 aromatic rings. The van der Waals surface area contributed by atoms with E-state index in [2.05, 4.69) is 5.32 Å². The summed E-state index contributed by atoms with van der Waals surface area (Å²) in [6.45, 7) is 3.04. The van der Waals surface area contributed by atoms with Gasteiger partial charge in [0.05, 0.1) is 10.6 Å². The van der Waals surface area contributed by atoms with Crippen LogP contribution in [0.4, 0.5) is 5.69 Å². The monoisotopic (exact) mass is 615 g/mol. The summed E-state index contributed by atoms with van der Waals surface area (Å²) in [4.78, 5) is 28.9. The van der Waals surface area contributed by atoms with Crippen molar-refractivity contribution in [3.05, 3.63) is 94.0 Å². The summed E-state index contributed by atoms with van der Waals surface area (Å²) in [6.07, 6.45) is 5.05. The van der Waals surface area contributed by atoms with E-state index in [1.807, 2.05) is 6.92 Å². The number of carbonyl (C=O) groups is 2. The van der Waals surface area contributed by atoms with Crippen LogP contribution < -0.4 is 9.62 Å². The van der Waals surface area contributed by atoms with Gasteiger partial charge < -0.3 is 10.2 Å². The van der Waals surface area contributed by atoms with Gasteiger partial charge in [-0.1, -0.05) is 78.4 Å². The normalized spacial score (nSPS) is 14.7. The van der Waals surface area contributed by atoms with Crippen LogP contribution in [0.1, 0.15) is 50.2 Å². The second kappa shape index (κ2) is 13.7. The predicted octanol–water partition coefficient (Wildman–Crippen LogP) is 6.36. The van der Waals surface area contributed by atoms with Gasteiger partial charge >= 0.3 is 0 Å². The SMILES string of the molecule is Cc1ccc(S(=O)(=O)N(CC(=O)N(Cc2ccccc2Cl)C(C)C(=O)NC2CCCCC2)c2ccc(Cl)cc2)cc1. The number of benzene rings is 3. The van der Waals surface area contributed by atoms with Crippen LogP contribution in [0.3, 0.4) is 0 Å². The number of rotatable bonds is 10. The molecular weight excluding hydrogens is 581 g/mol. The summed E-state index contributed by atoms with van der Waals surface area (Å²) in [5, 5.41) is 3.98. The smallest absolute Gasteiger partial charge is 0.264 e. The molecular formula is C31H35Cl2N3O4S. The summed E-state index contributed by atoms with van der Waals surface area (Å²) in [5.74, 6) is -0.821. The molecule has 1 saturated carbocycles. The largest absolute Gasteiger partial charge is 0.352 e. The minimum atomic E-state index is -4.15. The highest BCUT2D eigenvalue weighted by Crippen LogP contribution is 2.27. The van der Waals surface area contributed by atoms with Crippen LogP contribution in [-0.2, 0) is 26.2 Å². The third-order valence-electron chi connectivity index (χ3n) is 7.42. The van der Waals surface area contributed by atoms with Crippen LogP contribution in [0.5, 0.6) is 0 Å². The zero-order valence-corrected chi connectivity index (χ0v) is 25.6. The lowest BCUT2D eigenvalue weighted by Gasteiger charge is -2.33. The Labute approximate surface area is 252 Å². The van der Waals surface area contributed by atoms with E-state index in [1.165, 1.54) is 17.0 Å². The van der Waals surface area contributed by atoms with Gasteiger partial charge in [-0.2, -0.15) is 0 Å². The first kappa shape index (κ1) is 30.9. The second-order valence-corrected chi connectivity index (χ2v) is 13.1. The molecule has 0 spiro atoms. The summed E-state index contributed by atoms with van der Waals surface area (Å²) >= 11 is 12.5. The van der Waals surface area contributed by atoms with Crippen molar-refractivity contribution in [2.24, 2.45) is 0 Å². The Balaban J connectivity index is 1.68. The van der Waals surface area contributed by atoms with Crippen molar-refractivity contribution in [1.82, 2.24) is 10.2 Å². The molecule has 0 radical (unpaired) electrons. The summed E-state index contributed by atoms with van der Waals surface area (Å²) in [5.41, 5.74) is 1.83. The van der Waals surface area contributed by atoms with Gasteiger partial charge in [-0.15, -0.1) is 0 Å². The molecule has 1 aliphatic rings. The quantitative estimate of drug-likeness (QED) is 0.287. The highest BCUT2D eigenvalue weighted by Gasteiger charge is 2.33. The first-order valence-electron chi connectivity index (χ1n) is 13.7. The van der Waals surface area contributed by atoms with Crippen molar-refractivity contribution < 1.29 is 18.0 Å². The molecule has 218 valence electrons. The summed E-state index contributed by atoms with van der Waals surface area (Å²) < 4.78 is 28.8. The number of aryl methyl sites for hydroxylation is 1. The van der Waals surface area contributed by atoms with Crippen LogP contribution in [0.15, 0.2) is 77.7 Å². The van der Waals surface area contributed by atoms with Crippen LogP contribution in [0, 0.1) is 6.92 Å². The van der Waals surface area contributed by atoms with E-state index >= 15 is 0 Å². The van der Waals surface area contributed by atoms with E-state index in [0.717, 1.165) is 42.0 Å². The van der Waals surface area contributed by atoms with Gasteiger partial charge in [0.2, 0.25) is 11.8 Å². The maximum absolute atomic E-state index is 14.1.